The van der Waals surface area contributed by atoms with Crippen molar-refractivity contribution in [3.8, 4) is 0 Å². The van der Waals surface area contributed by atoms with E-state index in [2.05, 4.69) is 53.1 Å². The highest BCUT2D eigenvalue weighted by Gasteiger charge is 2.41. The van der Waals surface area contributed by atoms with Crippen molar-refractivity contribution in [2.45, 2.75) is 36.5 Å². The Morgan fingerprint density at radius 1 is 1.03 bits per heavy atom. The first-order valence-corrected chi connectivity index (χ1v) is 11.1. The van der Waals surface area contributed by atoms with Crippen LogP contribution in [0, 0.1) is 6.92 Å². The Balaban J connectivity index is 1.61. The zero-order valence-electron chi connectivity index (χ0n) is 16.4. The summed E-state index contributed by atoms with van der Waals surface area (Å²) in [5.74, 6) is 0.923. The zero-order valence-corrected chi connectivity index (χ0v) is 17.3. The highest BCUT2D eigenvalue weighted by molar-refractivity contribution is 7.98. The van der Waals surface area contributed by atoms with E-state index in [4.69, 9.17) is 4.52 Å². The third-order valence-corrected chi connectivity index (χ3v) is 6.72. The lowest BCUT2D eigenvalue weighted by Gasteiger charge is -2.34. The molecule has 1 aliphatic heterocycles. The van der Waals surface area contributed by atoms with Crippen LogP contribution in [0.1, 0.15) is 47.1 Å². The van der Waals surface area contributed by atoms with Crippen molar-refractivity contribution in [2.75, 3.05) is 11.6 Å². The fourth-order valence-electron chi connectivity index (χ4n) is 4.56. The van der Waals surface area contributed by atoms with E-state index in [1.54, 1.807) is 11.8 Å². The van der Waals surface area contributed by atoms with Gasteiger partial charge in [0.15, 0.2) is 5.78 Å². The largest absolute Gasteiger partial charge is 0.338 e. The van der Waals surface area contributed by atoms with Gasteiger partial charge in [-0.3, -0.25) is 4.79 Å². The fourth-order valence-corrected chi connectivity index (χ4v) is 4.97. The van der Waals surface area contributed by atoms with E-state index in [1.807, 2.05) is 25.1 Å². The summed E-state index contributed by atoms with van der Waals surface area (Å²) in [5.41, 5.74) is 5.96. The maximum Gasteiger partial charge on any atom is 0.233 e. The number of nitrogens with one attached hydrogen (secondary N) is 1. The van der Waals surface area contributed by atoms with Gasteiger partial charge in [-0.05, 0) is 48.8 Å². The number of benzene rings is 2. The summed E-state index contributed by atoms with van der Waals surface area (Å²) in [5, 5.41) is 7.59. The van der Waals surface area contributed by atoms with Crippen molar-refractivity contribution >= 4 is 23.4 Å². The van der Waals surface area contributed by atoms with E-state index in [9.17, 15) is 4.79 Å². The van der Waals surface area contributed by atoms with Crippen LogP contribution in [0.15, 0.2) is 75.3 Å². The smallest absolute Gasteiger partial charge is 0.233 e. The van der Waals surface area contributed by atoms with Crippen molar-refractivity contribution in [1.29, 1.82) is 0 Å². The van der Waals surface area contributed by atoms with Gasteiger partial charge in [0.1, 0.15) is 0 Å². The lowest BCUT2D eigenvalue weighted by molar-refractivity contribution is -0.116. The molecule has 1 aromatic heterocycles. The van der Waals surface area contributed by atoms with Gasteiger partial charge in [0.25, 0.3) is 0 Å². The van der Waals surface area contributed by atoms with Gasteiger partial charge in [-0.1, -0.05) is 47.6 Å². The quantitative estimate of drug-likeness (QED) is 0.573. The Hall–Kier alpha value is -2.79. The van der Waals surface area contributed by atoms with Crippen molar-refractivity contribution in [3.05, 3.63) is 88.3 Å². The van der Waals surface area contributed by atoms with Crippen LogP contribution >= 0.6 is 11.8 Å². The molecule has 0 radical (unpaired) electrons. The molecule has 0 unspecified atom stereocenters. The normalized spacial score (nSPS) is 20.8. The summed E-state index contributed by atoms with van der Waals surface area (Å²) < 4.78 is 5.60. The Labute approximate surface area is 174 Å². The average Bonchev–Trinajstić information content (AvgIpc) is 3.13. The standard InChI is InChI=1S/C24H22N2O2S/c1-14-21-22(16-8-10-18(29-2)11-9-16)23-19(25-24(21)28-26-14)12-17(13-20(23)27)15-6-4-3-5-7-15/h3-11,17,22,25H,12-13H2,1-2H3/t17-,22+/m1/s1. The maximum atomic E-state index is 13.4. The molecule has 2 aliphatic rings. The van der Waals surface area contributed by atoms with Gasteiger partial charge in [0, 0.05) is 28.5 Å². The van der Waals surface area contributed by atoms with Crippen molar-refractivity contribution < 1.29 is 9.32 Å². The maximum absolute atomic E-state index is 13.4. The molecule has 2 atom stereocenters. The number of rotatable bonds is 3. The molecular formula is C24H22N2O2S. The lowest BCUT2D eigenvalue weighted by Crippen LogP contribution is -2.29. The minimum Gasteiger partial charge on any atom is -0.338 e. The van der Waals surface area contributed by atoms with E-state index >= 15 is 0 Å². The van der Waals surface area contributed by atoms with Crippen LogP contribution in [0.3, 0.4) is 0 Å². The van der Waals surface area contributed by atoms with Gasteiger partial charge in [0.2, 0.25) is 5.88 Å². The fraction of sp³-hybridized carbons (Fsp3) is 0.250. The van der Waals surface area contributed by atoms with Crippen LogP contribution in [0.4, 0.5) is 5.88 Å². The molecule has 0 saturated heterocycles. The minimum atomic E-state index is -0.132. The highest BCUT2D eigenvalue weighted by atomic mass is 32.2. The third kappa shape index (κ3) is 3.10. The SMILES string of the molecule is CSc1ccc([C@@H]2C3=C(C[C@@H](c4ccccc4)CC3=O)Nc3onc(C)c32)cc1. The molecule has 5 rings (SSSR count). The number of anilines is 1. The summed E-state index contributed by atoms with van der Waals surface area (Å²) in [6.45, 7) is 1.94. The molecule has 0 bridgehead atoms. The number of thioether (sulfide) groups is 1. The second kappa shape index (κ2) is 7.23. The molecule has 146 valence electrons. The summed E-state index contributed by atoms with van der Waals surface area (Å²) in [6.07, 6.45) is 3.39. The molecule has 0 spiro atoms. The van der Waals surface area contributed by atoms with Crippen LogP contribution in [-0.4, -0.2) is 17.2 Å². The Morgan fingerprint density at radius 3 is 2.52 bits per heavy atom. The number of allylic oxidation sites excluding steroid dienone is 2. The van der Waals surface area contributed by atoms with Gasteiger partial charge < -0.3 is 9.84 Å². The molecule has 0 saturated carbocycles. The van der Waals surface area contributed by atoms with E-state index in [0.29, 0.717) is 12.3 Å². The molecule has 3 aromatic rings. The number of carbonyl (C=O) groups excluding carboxylic acids is 1. The molecule has 5 heteroatoms. The second-order valence-electron chi connectivity index (χ2n) is 7.67. The number of hydrogen-bond donors (Lipinski definition) is 1. The molecule has 2 aromatic carbocycles. The van der Waals surface area contributed by atoms with Crippen molar-refractivity contribution in [1.82, 2.24) is 5.16 Å². The molecule has 2 heterocycles. The molecule has 0 fully saturated rings. The number of aryl methyl sites for hydroxylation is 1. The Bertz CT molecular complexity index is 1100. The van der Waals surface area contributed by atoms with Gasteiger partial charge in [-0.15, -0.1) is 11.8 Å². The number of hydrogen-bond acceptors (Lipinski definition) is 5. The van der Waals surface area contributed by atoms with Gasteiger partial charge in [-0.2, -0.15) is 0 Å². The van der Waals surface area contributed by atoms with E-state index < -0.39 is 0 Å². The van der Waals surface area contributed by atoms with Crippen LogP contribution < -0.4 is 5.32 Å². The topological polar surface area (TPSA) is 55.1 Å². The van der Waals surface area contributed by atoms with Crippen LogP contribution in [0.5, 0.6) is 0 Å². The first-order valence-electron chi connectivity index (χ1n) is 9.84. The molecule has 4 nitrogen and oxygen atoms in total. The predicted molar refractivity (Wildman–Crippen MR) is 115 cm³/mol. The summed E-state index contributed by atoms with van der Waals surface area (Å²) in [7, 11) is 0. The van der Waals surface area contributed by atoms with Gasteiger partial charge in [-0.25, -0.2) is 0 Å². The highest BCUT2D eigenvalue weighted by Crippen LogP contribution is 2.49. The minimum absolute atomic E-state index is 0.132. The Morgan fingerprint density at radius 2 is 1.79 bits per heavy atom. The molecule has 1 N–H and O–H groups in total. The summed E-state index contributed by atoms with van der Waals surface area (Å²) >= 11 is 1.71. The monoisotopic (exact) mass is 402 g/mol. The van der Waals surface area contributed by atoms with Crippen LogP contribution in [0.2, 0.25) is 0 Å². The number of aromatic nitrogens is 1. The van der Waals surface area contributed by atoms with Crippen molar-refractivity contribution in [2.24, 2.45) is 0 Å². The predicted octanol–water partition coefficient (Wildman–Crippen LogP) is 5.66. The molecule has 29 heavy (non-hydrogen) atoms. The molecule has 0 amide bonds. The molecular weight excluding hydrogens is 380 g/mol. The third-order valence-electron chi connectivity index (χ3n) is 5.98. The number of carbonyl (C=O) groups is 1. The summed E-state index contributed by atoms with van der Waals surface area (Å²) in [6, 6.07) is 18.8. The second-order valence-corrected chi connectivity index (χ2v) is 8.55. The van der Waals surface area contributed by atoms with E-state index in [1.165, 1.54) is 10.5 Å². The van der Waals surface area contributed by atoms with Crippen molar-refractivity contribution in [3.63, 3.8) is 0 Å². The van der Waals surface area contributed by atoms with Crippen LogP contribution in [-0.2, 0) is 4.79 Å². The van der Waals surface area contributed by atoms with E-state index in [0.717, 1.165) is 34.5 Å². The average molecular weight is 403 g/mol. The number of fused-ring (bicyclic) bond motifs is 1. The first-order chi connectivity index (χ1) is 14.2. The molecule has 1 aliphatic carbocycles. The van der Waals surface area contributed by atoms with E-state index in [-0.39, 0.29) is 17.6 Å². The van der Waals surface area contributed by atoms with Crippen LogP contribution in [0.25, 0.3) is 0 Å². The summed E-state index contributed by atoms with van der Waals surface area (Å²) in [4.78, 5) is 14.6. The van der Waals surface area contributed by atoms with Gasteiger partial charge >= 0.3 is 0 Å². The number of ketones is 1. The number of Topliss-reactive ketones (excluding diaryl/α,β-unsaturated/α-hetero) is 1. The first kappa shape index (κ1) is 18.3. The lowest BCUT2D eigenvalue weighted by atomic mass is 9.72. The number of nitrogens with zero attached hydrogens (tertiary/aromatic N) is 1. The zero-order chi connectivity index (χ0) is 20.0. The van der Waals surface area contributed by atoms with Gasteiger partial charge in [0.05, 0.1) is 11.3 Å². The Kier molecular flexibility index (Phi) is 4.55.